The standard InChI is InChI=1S/C16H24ClNO2/c1-12-7-13(2)9-18(8-12)10-14(19)11-20-16-6-4-3-5-15(16)17/h3-6,12-14,19H,7-11H2,1-2H3/t12-,13-,14-/m1/s1. The Balaban J connectivity index is 1.78. The zero-order valence-electron chi connectivity index (χ0n) is 12.3. The third kappa shape index (κ3) is 4.65. The van der Waals surface area contributed by atoms with Gasteiger partial charge in [-0.15, -0.1) is 0 Å². The smallest absolute Gasteiger partial charge is 0.138 e. The van der Waals surface area contributed by atoms with Crippen LogP contribution >= 0.6 is 11.6 Å². The van der Waals surface area contributed by atoms with E-state index in [4.69, 9.17) is 16.3 Å². The molecule has 0 spiro atoms. The molecule has 1 heterocycles. The number of aliphatic hydroxyl groups is 1. The number of para-hydroxylation sites is 1. The zero-order valence-corrected chi connectivity index (χ0v) is 13.0. The molecule has 3 nitrogen and oxygen atoms in total. The highest BCUT2D eigenvalue weighted by Gasteiger charge is 2.23. The Labute approximate surface area is 126 Å². The van der Waals surface area contributed by atoms with Crippen molar-refractivity contribution in [2.75, 3.05) is 26.2 Å². The van der Waals surface area contributed by atoms with Gasteiger partial charge in [0.1, 0.15) is 18.5 Å². The van der Waals surface area contributed by atoms with Gasteiger partial charge in [-0.3, -0.25) is 0 Å². The van der Waals surface area contributed by atoms with E-state index in [0.717, 1.165) is 13.1 Å². The fourth-order valence-electron chi connectivity index (χ4n) is 3.04. The minimum Gasteiger partial charge on any atom is -0.489 e. The summed E-state index contributed by atoms with van der Waals surface area (Å²) >= 11 is 6.02. The number of halogens is 1. The predicted molar refractivity (Wildman–Crippen MR) is 82.3 cm³/mol. The van der Waals surface area contributed by atoms with Crippen LogP contribution < -0.4 is 4.74 Å². The highest BCUT2D eigenvalue weighted by Crippen LogP contribution is 2.24. The average Bonchev–Trinajstić information content (AvgIpc) is 2.36. The van der Waals surface area contributed by atoms with Crippen LogP contribution in [0.5, 0.6) is 5.75 Å². The van der Waals surface area contributed by atoms with Crippen LogP contribution in [0.25, 0.3) is 0 Å². The molecule has 1 saturated heterocycles. The van der Waals surface area contributed by atoms with Crippen molar-refractivity contribution in [2.45, 2.75) is 26.4 Å². The number of nitrogens with zero attached hydrogens (tertiary/aromatic N) is 1. The van der Waals surface area contributed by atoms with Gasteiger partial charge >= 0.3 is 0 Å². The highest BCUT2D eigenvalue weighted by atomic mass is 35.5. The van der Waals surface area contributed by atoms with Gasteiger partial charge in [0.25, 0.3) is 0 Å². The lowest BCUT2D eigenvalue weighted by Crippen LogP contribution is -2.44. The lowest BCUT2D eigenvalue weighted by molar-refractivity contribution is 0.0429. The summed E-state index contributed by atoms with van der Waals surface area (Å²) in [5.74, 6) is 2.04. The topological polar surface area (TPSA) is 32.7 Å². The third-order valence-corrected chi connectivity index (χ3v) is 3.99. The van der Waals surface area contributed by atoms with Crippen LogP contribution in [-0.2, 0) is 0 Å². The predicted octanol–water partition coefficient (Wildman–Crippen LogP) is 3.06. The van der Waals surface area contributed by atoms with Gasteiger partial charge < -0.3 is 14.7 Å². The van der Waals surface area contributed by atoms with Crippen LogP contribution in [0.3, 0.4) is 0 Å². The molecule has 0 unspecified atom stereocenters. The fraction of sp³-hybridized carbons (Fsp3) is 0.625. The Kier molecular flexibility index (Phi) is 5.70. The number of likely N-dealkylation sites (tertiary alicyclic amines) is 1. The summed E-state index contributed by atoms with van der Waals surface area (Å²) < 4.78 is 5.59. The van der Waals surface area contributed by atoms with E-state index >= 15 is 0 Å². The molecule has 0 aliphatic carbocycles. The first-order valence-electron chi connectivity index (χ1n) is 7.32. The summed E-state index contributed by atoms with van der Waals surface area (Å²) in [5, 5.41) is 10.7. The van der Waals surface area contributed by atoms with E-state index < -0.39 is 6.10 Å². The van der Waals surface area contributed by atoms with Crippen molar-refractivity contribution in [2.24, 2.45) is 11.8 Å². The molecule has 1 aliphatic heterocycles. The van der Waals surface area contributed by atoms with Gasteiger partial charge in [-0.1, -0.05) is 37.6 Å². The van der Waals surface area contributed by atoms with Crippen LogP contribution in [0.15, 0.2) is 24.3 Å². The maximum atomic E-state index is 10.1. The Morgan fingerprint density at radius 2 is 1.95 bits per heavy atom. The van der Waals surface area contributed by atoms with Crippen molar-refractivity contribution in [3.63, 3.8) is 0 Å². The number of hydrogen-bond donors (Lipinski definition) is 1. The summed E-state index contributed by atoms with van der Waals surface area (Å²) in [6, 6.07) is 7.35. The molecular formula is C16H24ClNO2. The Morgan fingerprint density at radius 1 is 1.30 bits per heavy atom. The molecule has 1 N–H and O–H groups in total. The van der Waals surface area contributed by atoms with Gasteiger partial charge in [-0.2, -0.15) is 0 Å². The van der Waals surface area contributed by atoms with Crippen molar-refractivity contribution in [3.8, 4) is 5.75 Å². The van der Waals surface area contributed by atoms with E-state index in [1.807, 2.05) is 18.2 Å². The first kappa shape index (κ1) is 15.6. The van der Waals surface area contributed by atoms with Crippen molar-refractivity contribution < 1.29 is 9.84 Å². The quantitative estimate of drug-likeness (QED) is 0.907. The minimum atomic E-state index is -0.483. The number of ether oxygens (including phenoxy) is 1. The lowest BCUT2D eigenvalue weighted by Gasteiger charge is -2.35. The molecule has 0 bridgehead atoms. The van der Waals surface area contributed by atoms with Gasteiger partial charge in [0.15, 0.2) is 0 Å². The molecule has 3 atom stereocenters. The molecule has 0 radical (unpaired) electrons. The number of hydrogen-bond acceptors (Lipinski definition) is 3. The Hall–Kier alpha value is -0.770. The van der Waals surface area contributed by atoms with E-state index in [2.05, 4.69) is 18.7 Å². The molecule has 1 aliphatic rings. The van der Waals surface area contributed by atoms with Crippen LogP contribution in [0.4, 0.5) is 0 Å². The number of piperidine rings is 1. The normalized spacial score (nSPS) is 25.4. The molecule has 112 valence electrons. The summed E-state index contributed by atoms with van der Waals surface area (Å²) in [7, 11) is 0. The SMILES string of the molecule is C[C@@H]1C[C@@H](C)CN(C[C@@H](O)COc2ccccc2Cl)C1. The Bertz CT molecular complexity index is 417. The molecule has 4 heteroatoms. The number of β-amino-alcohol motifs (C(OH)–C–C–N with tert-alkyl or cyclic N) is 1. The monoisotopic (exact) mass is 297 g/mol. The molecule has 0 saturated carbocycles. The second kappa shape index (κ2) is 7.30. The zero-order chi connectivity index (χ0) is 14.5. The largest absolute Gasteiger partial charge is 0.489 e. The average molecular weight is 298 g/mol. The maximum Gasteiger partial charge on any atom is 0.138 e. The van der Waals surface area contributed by atoms with Gasteiger partial charge in [0, 0.05) is 19.6 Å². The van der Waals surface area contributed by atoms with E-state index in [-0.39, 0.29) is 6.61 Å². The van der Waals surface area contributed by atoms with Crippen molar-refractivity contribution in [1.82, 2.24) is 4.90 Å². The summed E-state index contributed by atoms with van der Waals surface area (Å²) in [5.41, 5.74) is 0. The van der Waals surface area contributed by atoms with E-state index in [1.54, 1.807) is 6.07 Å². The lowest BCUT2D eigenvalue weighted by atomic mass is 9.92. The third-order valence-electron chi connectivity index (χ3n) is 3.68. The number of aliphatic hydroxyl groups excluding tert-OH is 1. The highest BCUT2D eigenvalue weighted by molar-refractivity contribution is 6.32. The van der Waals surface area contributed by atoms with Crippen LogP contribution in [0.2, 0.25) is 5.02 Å². The molecular weight excluding hydrogens is 274 g/mol. The van der Waals surface area contributed by atoms with E-state index in [1.165, 1.54) is 6.42 Å². The van der Waals surface area contributed by atoms with Gasteiger partial charge in [0.05, 0.1) is 5.02 Å². The molecule has 2 rings (SSSR count). The second-order valence-electron chi connectivity index (χ2n) is 6.06. The molecule has 1 aromatic carbocycles. The summed E-state index contributed by atoms with van der Waals surface area (Å²) in [6.45, 7) is 7.62. The van der Waals surface area contributed by atoms with E-state index in [0.29, 0.717) is 29.2 Å². The first-order chi connectivity index (χ1) is 9.54. The Morgan fingerprint density at radius 3 is 2.60 bits per heavy atom. The fourth-order valence-corrected chi connectivity index (χ4v) is 3.23. The van der Waals surface area contributed by atoms with Crippen molar-refractivity contribution in [3.05, 3.63) is 29.3 Å². The minimum absolute atomic E-state index is 0.281. The van der Waals surface area contributed by atoms with Crippen LogP contribution in [0, 0.1) is 11.8 Å². The summed E-state index contributed by atoms with van der Waals surface area (Å²) in [4.78, 5) is 2.33. The van der Waals surface area contributed by atoms with Crippen molar-refractivity contribution in [1.29, 1.82) is 0 Å². The molecule has 0 amide bonds. The molecule has 1 fully saturated rings. The second-order valence-corrected chi connectivity index (χ2v) is 6.47. The van der Waals surface area contributed by atoms with Crippen LogP contribution in [0.1, 0.15) is 20.3 Å². The first-order valence-corrected chi connectivity index (χ1v) is 7.70. The van der Waals surface area contributed by atoms with Gasteiger partial charge in [-0.25, -0.2) is 0 Å². The molecule has 20 heavy (non-hydrogen) atoms. The maximum absolute atomic E-state index is 10.1. The van der Waals surface area contributed by atoms with E-state index in [9.17, 15) is 5.11 Å². The summed E-state index contributed by atoms with van der Waals surface area (Å²) in [6.07, 6.45) is 0.798. The van der Waals surface area contributed by atoms with Gasteiger partial charge in [-0.05, 0) is 30.4 Å². The molecule has 1 aromatic rings. The number of benzene rings is 1. The van der Waals surface area contributed by atoms with Gasteiger partial charge in [0.2, 0.25) is 0 Å². The number of rotatable bonds is 5. The van der Waals surface area contributed by atoms with Crippen molar-refractivity contribution >= 4 is 11.6 Å². The molecule has 0 aromatic heterocycles. The van der Waals surface area contributed by atoms with Crippen LogP contribution in [-0.4, -0.2) is 42.4 Å².